The molecule has 2 amide bonds. The lowest BCUT2D eigenvalue weighted by Gasteiger charge is -2.45. The third-order valence-electron chi connectivity index (χ3n) is 7.71. The van der Waals surface area contributed by atoms with Crippen molar-refractivity contribution in [2.75, 3.05) is 25.2 Å². The summed E-state index contributed by atoms with van der Waals surface area (Å²) in [6.45, 7) is 3.10. The number of anilines is 1. The van der Waals surface area contributed by atoms with Crippen LogP contribution in [0.15, 0.2) is 42.5 Å². The zero-order valence-corrected chi connectivity index (χ0v) is 20.7. The topological polar surface area (TPSA) is 82.0 Å². The summed E-state index contributed by atoms with van der Waals surface area (Å²) in [7, 11) is 1.62. The summed E-state index contributed by atoms with van der Waals surface area (Å²) in [6.07, 6.45) is 5.35. The monoisotopic (exact) mass is 489 g/mol. The molecule has 1 N–H and O–H groups in total. The van der Waals surface area contributed by atoms with E-state index in [1.165, 1.54) is 6.42 Å². The number of hydrogen-bond acceptors (Lipinski definition) is 5. The first-order valence-electron chi connectivity index (χ1n) is 12.7. The van der Waals surface area contributed by atoms with E-state index in [-0.39, 0.29) is 17.9 Å². The Morgan fingerprint density at radius 2 is 1.81 bits per heavy atom. The van der Waals surface area contributed by atoms with Gasteiger partial charge < -0.3 is 24.1 Å². The summed E-state index contributed by atoms with van der Waals surface area (Å²) in [5.41, 5.74) is 0.868. The zero-order chi connectivity index (χ0) is 24.9. The number of nitrogens with one attached hydrogen (secondary N) is 1. The number of benzene rings is 2. The van der Waals surface area contributed by atoms with E-state index in [2.05, 4.69) is 5.32 Å². The first-order valence-corrected chi connectivity index (χ1v) is 12.7. The molecule has 8 heteroatoms. The van der Waals surface area contributed by atoms with Crippen molar-refractivity contribution in [2.45, 2.75) is 57.2 Å². The molecule has 3 heterocycles. The molecule has 188 valence electrons. The van der Waals surface area contributed by atoms with Gasteiger partial charge in [-0.05, 0) is 50.1 Å². The van der Waals surface area contributed by atoms with E-state index in [4.69, 9.17) is 14.2 Å². The van der Waals surface area contributed by atoms with Crippen molar-refractivity contribution in [3.05, 3.63) is 48.2 Å². The SMILES string of the molecule is COc1ccc2cc3n(c2c1)C[C@](C)(C(=O)NC1CCCCC1)N(c1ccc2c(c1)OCCO2)C3=O. The number of carbonyl (C=O) groups excluding carboxylic acids is 2. The molecule has 36 heavy (non-hydrogen) atoms. The van der Waals surface area contributed by atoms with E-state index >= 15 is 0 Å². The predicted molar refractivity (Wildman–Crippen MR) is 136 cm³/mol. The molecule has 2 aliphatic heterocycles. The summed E-state index contributed by atoms with van der Waals surface area (Å²) in [6, 6.07) is 13.2. The number of ether oxygens (including phenoxy) is 3. The first-order chi connectivity index (χ1) is 17.5. The normalized spacial score (nSPS) is 21.8. The Kier molecular flexibility index (Phi) is 5.54. The standard InChI is InChI=1S/C28H31N3O5/c1-28(27(33)29-19-6-4-3-5-7-19)17-30-22-16-21(34-2)10-8-18(22)14-23(30)26(32)31(28)20-9-11-24-25(15-20)36-13-12-35-24/h8-11,14-16,19H,3-7,12-13,17H2,1-2H3,(H,29,33)/t28-/m1/s1. The molecule has 3 aromatic rings. The summed E-state index contributed by atoms with van der Waals surface area (Å²) < 4.78 is 18.9. The van der Waals surface area contributed by atoms with Gasteiger partial charge in [-0.2, -0.15) is 0 Å². The highest BCUT2D eigenvalue weighted by Crippen LogP contribution is 2.41. The minimum Gasteiger partial charge on any atom is -0.497 e. The van der Waals surface area contributed by atoms with E-state index in [1.807, 2.05) is 47.9 Å². The third kappa shape index (κ3) is 3.67. The molecular weight excluding hydrogens is 458 g/mol. The van der Waals surface area contributed by atoms with Crippen LogP contribution in [0.1, 0.15) is 49.5 Å². The lowest BCUT2D eigenvalue weighted by Crippen LogP contribution is -2.65. The molecule has 1 saturated carbocycles. The van der Waals surface area contributed by atoms with E-state index in [0.717, 1.165) is 36.6 Å². The van der Waals surface area contributed by atoms with Gasteiger partial charge >= 0.3 is 0 Å². The number of nitrogens with zero attached hydrogens (tertiary/aromatic N) is 2. The fourth-order valence-electron chi connectivity index (χ4n) is 5.76. The fraction of sp³-hybridized carbons (Fsp3) is 0.429. The number of rotatable bonds is 4. The average Bonchev–Trinajstić information content (AvgIpc) is 3.27. The van der Waals surface area contributed by atoms with Crippen molar-refractivity contribution < 1.29 is 23.8 Å². The van der Waals surface area contributed by atoms with E-state index in [0.29, 0.717) is 48.4 Å². The van der Waals surface area contributed by atoms with Gasteiger partial charge in [0.1, 0.15) is 30.2 Å². The minimum atomic E-state index is -1.15. The van der Waals surface area contributed by atoms with Crippen molar-refractivity contribution in [3.63, 3.8) is 0 Å². The second kappa shape index (κ2) is 8.76. The Morgan fingerprint density at radius 1 is 1.03 bits per heavy atom. The third-order valence-corrected chi connectivity index (χ3v) is 7.71. The quantitative estimate of drug-likeness (QED) is 0.591. The summed E-state index contributed by atoms with van der Waals surface area (Å²) in [5, 5.41) is 4.21. The van der Waals surface area contributed by atoms with Gasteiger partial charge in [0.25, 0.3) is 5.91 Å². The van der Waals surface area contributed by atoms with Crippen molar-refractivity contribution in [1.29, 1.82) is 0 Å². The van der Waals surface area contributed by atoms with Crippen LogP contribution in [-0.4, -0.2) is 48.3 Å². The molecule has 1 aromatic heterocycles. The number of amides is 2. The van der Waals surface area contributed by atoms with Crippen LogP contribution < -0.4 is 24.4 Å². The second-order valence-electron chi connectivity index (χ2n) is 10.1. The van der Waals surface area contributed by atoms with Crippen LogP contribution in [0, 0.1) is 0 Å². The molecule has 0 unspecified atom stereocenters. The predicted octanol–water partition coefficient (Wildman–Crippen LogP) is 4.29. The highest BCUT2D eigenvalue weighted by molar-refractivity contribution is 6.14. The molecule has 1 fully saturated rings. The van der Waals surface area contributed by atoms with Crippen LogP contribution in [0.3, 0.4) is 0 Å². The fourth-order valence-corrected chi connectivity index (χ4v) is 5.76. The summed E-state index contributed by atoms with van der Waals surface area (Å²) in [4.78, 5) is 29.8. The lowest BCUT2D eigenvalue weighted by atomic mass is 9.91. The Labute approximate surface area is 210 Å². The molecule has 1 aliphatic carbocycles. The smallest absolute Gasteiger partial charge is 0.275 e. The van der Waals surface area contributed by atoms with Crippen LogP contribution >= 0.6 is 0 Å². The Morgan fingerprint density at radius 3 is 2.58 bits per heavy atom. The Hall–Kier alpha value is -3.68. The van der Waals surface area contributed by atoms with Gasteiger partial charge in [-0.15, -0.1) is 0 Å². The largest absolute Gasteiger partial charge is 0.497 e. The molecule has 0 radical (unpaired) electrons. The van der Waals surface area contributed by atoms with Gasteiger partial charge in [-0.25, -0.2) is 0 Å². The Balaban J connectivity index is 1.46. The molecule has 3 aliphatic rings. The van der Waals surface area contributed by atoms with Gasteiger partial charge in [0, 0.05) is 29.2 Å². The minimum absolute atomic E-state index is 0.128. The van der Waals surface area contributed by atoms with Crippen molar-refractivity contribution in [3.8, 4) is 17.2 Å². The van der Waals surface area contributed by atoms with Gasteiger partial charge in [0.05, 0.1) is 19.2 Å². The summed E-state index contributed by atoms with van der Waals surface area (Å²) in [5.74, 6) is 1.56. The number of hydrogen-bond donors (Lipinski definition) is 1. The second-order valence-corrected chi connectivity index (χ2v) is 10.1. The molecule has 6 rings (SSSR count). The lowest BCUT2D eigenvalue weighted by molar-refractivity contribution is -0.127. The van der Waals surface area contributed by atoms with Crippen LogP contribution in [0.4, 0.5) is 5.69 Å². The molecular formula is C28H31N3O5. The maximum Gasteiger partial charge on any atom is 0.275 e. The van der Waals surface area contributed by atoms with Gasteiger partial charge in [0.2, 0.25) is 5.91 Å². The zero-order valence-electron chi connectivity index (χ0n) is 20.7. The molecule has 0 bridgehead atoms. The number of fused-ring (bicyclic) bond motifs is 4. The molecule has 1 atom stereocenters. The molecule has 0 saturated heterocycles. The van der Waals surface area contributed by atoms with Crippen LogP contribution in [0.5, 0.6) is 17.2 Å². The number of methoxy groups -OCH3 is 1. The Bertz CT molecular complexity index is 1340. The van der Waals surface area contributed by atoms with Gasteiger partial charge in [-0.1, -0.05) is 19.3 Å². The summed E-state index contributed by atoms with van der Waals surface area (Å²) >= 11 is 0. The van der Waals surface area contributed by atoms with Gasteiger partial charge in [-0.3, -0.25) is 14.5 Å². The van der Waals surface area contributed by atoms with Crippen molar-refractivity contribution in [2.24, 2.45) is 0 Å². The van der Waals surface area contributed by atoms with E-state index in [1.54, 1.807) is 18.1 Å². The van der Waals surface area contributed by atoms with E-state index in [9.17, 15) is 9.59 Å². The molecule has 2 aromatic carbocycles. The van der Waals surface area contributed by atoms with Crippen molar-refractivity contribution >= 4 is 28.4 Å². The van der Waals surface area contributed by atoms with Crippen molar-refractivity contribution in [1.82, 2.24) is 9.88 Å². The van der Waals surface area contributed by atoms with Gasteiger partial charge in [0.15, 0.2) is 11.5 Å². The maximum atomic E-state index is 14.1. The van der Waals surface area contributed by atoms with E-state index < -0.39 is 5.54 Å². The van der Waals surface area contributed by atoms with Crippen LogP contribution in [-0.2, 0) is 11.3 Å². The maximum absolute atomic E-state index is 14.1. The average molecular weight is 490 g/mol. The molecule has 0 spiro atoms. The van der Waals surface area contributed by atoms with Crippen LogP contribution in [0.2, 0.25) is 0 Å². The highest BCUT2D eigenvalue weighted by Gasteiger charge is 2.49. The highest BCUT2D eigenvalue weighted by atomic mass is 16.6. The molecule has 8 nitrogen and oxygen atoms in total. The number of carbonyl (C=O) groups is 2. The van der Waals surface area contributed by atoms with Crippen LogP contribution in [0.25, 0.3) is 10.9 Å². The first kappa shape index (κ1) is 22.8. The number of aromatic nitrogens is 1.